The summed E-state index contributed by atoms with van der Waals surface area (Å²) in [5.74, 6) is -1.05. The summed E-state index contributed by atoms with van der Waals surface area (Å²) in [6.45, 7) is 10.7. The highest BCUT2D eigenvalue weighted by molar-refractivity contribution is 6.34. The van der Waals surface area contributed by atoms with Crippen molar-refractivity contribution in [2.24, 2.45) is 5.92 Å². The predicted octanol–water partition coefficient (Wildman–Crippen LogP) is 6.42. The Kier molecular flexibility index (Phi) is 9.78. The molecule has 1 aliphatic rings. The average molecular weight is 622 g/mol. The Morgan fingerprint density at radius 3 is 2.20 bits per heavy atom. The Hall–Kier alpha value is -4.24. The van der Waals surface area contributed by atoms with Crippen LogP contribution in [0.4, 0.5) is 10.5 Å². The summed E-state index contributed by atoms with van der Waals surface area (Å²) in [6.07, 6.45) is -0.0937. The van der Waals surface area contributed by atoms with Crippen molar-refractivity contribution in [3.8, 4) is 11.5 Å². The van der Waals surface area contributed by atoms with Gasteiger partial charge < -0.3 is 30.5 Å². The second-order valence-corrected chi connectivity index (χ2v) is 12.8. The lowest BCUT2D eigenvalue weighted by molar-refractivity contribution is -0.141. The number of amides is 3. The topological polar surface area (TPSA) is 128 Å². The smallest absolute Gasteiger partial charge is 0.408 e. The molecule has 44 heavy (non-hydrogen) atoms. The number of aromatic hydroxyl groups is 2. The van der Waals surface area contributed by atoms with Crippen molar-refractivity contribution < 1.29 is 29.3 Å². The van der Waals surface area contributed by atoms with E-state index >= 15 is 0 Å². The SMILES string of the molecule is Cc1cccc(C(C(=O)Nc2c(C)cccc2Cl)N(C(=O)C(Cc2ccc(O)cc2)NC(=O)OC(C)(C)C)C2CC2C)c1O. The van der Waals surface area contributed by atoms with Crippen LogP contribution in [0.15, 0.2) is 60.7 Å². The number of alkyl carbamates (subject to hydrolysis) is 1. The van der Waals surface area contributed by atoms with Crippen molar-refractivity contribution in [1.29, 1.82) is 0 Å². The number of hydrogen-bond acceptors (Lipinski definition) is 6. The molecule has 0 saturated heterocycles. The molecule has 0 radical (unpaired) electrons. The van der Waals surface area contributed by atoms with Gasteiger partial charge in [0.2, 0.25) is 5.91 Å². The third kappa shape index (κ3) is 7.82. The first-order chi connectivity index (χ1) is 20.7. The molecule has 9 nitrogen and oxygen atoms in total. The normalized spacial score (nSPS) is 17.2. The molecule has 4 N–H and O–H groups in total. The maximum absolute atomic E-state index is 14.7. The second kappa shape index (κ2) is 13.2. The summed E-state index contributed by atoms with van der Waals surface area (Å²) >= 11 is 6.46. The first-order valence-electron chi connectivity index (χ1n) is 14.6. The Morgan fingerprint density at radius 2 is 1.61 bits per heavy atom. The largest absolute Gasteiger partial charge is 0.508 e. The Bertz CT molecular complexity index is 1510. The van der Waals surface area contributed by atoms with Crippen LogP contribution in [0.1, 0.15) is 62.4 Å². The molecule has 0 aliphatic heterocycles. The molecular formula is C34H40ClN3O6. The molecule has 1 saturated carbocycles. The van der Waals surface area contributed by atoms with Crippen molar-refractivity contribution in [2.75, 3.05) is 5.32 Å². The van der Waals surface area contributed by atoms with Gasteiger partial charge in [0.05, 0.1) is 10.7 Å². The van der Waals surface area contributed by atoms with Crippen molar-refractivity contribution >= 4 is 35.2 Å². The molecule has 4 unspecified atom stereocenters. The van der Waals surface area contributed by atoms with Crippen LogP contribution in [0.25, 0.3) is 0 Å². The number of aryl methyl sites for hydroxylation is 2. The van der Waals surface area contributed by atoms with Gasteiger partial charge in [0.1, 0.15) is 29.2 Å². The molecule has 234 valence electrons. The highest BCUT2D eigenvalue weighted by atomic mass is 35.5. The monoisotopic (exact) mass is 621 g/mol. The number of para-hydroxylation sites is 2. The summed E-state index contributed by atoms with van der Waals surface area (Å²) in [5, 5.41) is 27.0. The third-order valence-electron chi connectivity index (χ3n) is 7.60. The number of nitrogens with zero attached hydrogens (tertiary/aromatic N) is 1. The minimum Gasteiger partial charge on any atom is -0.508 e. The molecule has 0 aromatic heterocycles. The fraction of sp³-hybridized carbons (Fsp3) is 0.382. The summed E-state index contributed by atoms with van der Waals surface area (Å²) in [5.41, 5.74) is 1.78. The number of ether oxygens (including phenoxy) is 1. The molecule has 4 rings (SSSR count). The number of anilines is 1. The summed E-state index contributed by atoms with van der Waals surface area (Å²) in [6, 6.07) is 13.9. The zero-order valence-electron chi connectivity index (χ0n) is 25.8. The summed E-state index contributed by atoms with van der Waals surface area (Å²) in [7, 11) is 0. The molecule has 4 atom stereocenters. The Balaban J connectivity index is 1.81. The van der Waals surface area contributed by atoms with Gasteiger partial charge in [0.15, 0.2) is 0 Å². The lowest BCUT2D eigenvalue weighted by Crippen LogP contribution is -2.54. The van der Waals surface area contributed by atoms with Gasteiger partial charge in [0.25, 0.3) is 5.91 Å². The molecular weight excluding hydrogens is 582 g/mol. The van der Waals surface area contributed by atoms with Crippen molar-refractivity contribution in [2.45, 2.75) is 78.1 Å². The van der Waals surface area contributed by atoms with E-state index in [0.29, 0.717) is 28.3 Å². The molecule has 1 fully saturated rings. The molecule has 3 aromatic rings. The van der Waals surface area contributed by atoms with Gasteiger partial charge in [-0.05, 0) is 81.8 Å². The number of phenolic OH excluding ortho intramolecular Hbond substituents is 2. The number of carbonyl (C=O) groups excluding carboxylic acids is 3. The van der Waals surface area contributed by atoms with Crippen LogP contribution in [-0.4, -0.2) is 50.7 Å². The van der Waals surface area contributed by atoms with E-state index in [1.165, 1.54) is 17.0 Å². The first kappa shape index (κ1) is 32.7. The lowest BCUT2D eigenvalue weighted by atomic mass is 9.97. The highest BCUT2D eigenvalue weighted by Crippen LogP contribution is 2.43. The van der Waals surface area contributed by atoms with E-state index in [1.807, 2.05) is 19.9 Å². The third-order valence-corrected chi connectivity index (χ3v) is 7.92. The van der Waals surface area contributed by atoms with Gasteiger partial charge in [-0.1, -0.05) is 61.0 Å². The maximum atomic E-state index is 14.7. The zero-order chi connectivity index (χ0) is 32.3. The molecule has 10 heteroatoms. The standard InChI is InChI=1S/C34H40ClN3O6/c1-19-9-8-12-25(35)28(19)37-31(41)29(24-11-7-10-20(2)30(24)40)38(27-17-21(27)3)32(42)26(36-33(43)44-34(4,5)6)18-22-13-15-23(39)16-14-22/h7-16,21,26-27,29,39-40H,17-18H2,1-6H3,(H,36,43)(H,37,41). The lowest BCUT2D eigenvalue weighted by Gasteiger charge is -2.35. The summed E-state index contributed by atoms with van der Waals surface area (Å²) < 4.78 is 5.49. The molecule has 0 spiro atoms. The molecule has 0 heterocycles. The number of nitrogens with one attached hydrogen (secondary N) is 2. The van der Waals surface area contributed by atoms with Gasteiger partial charge in [-0.15, -0.1) is 0 Å². The molecule has 3 aromatic carbocycles. The van der Waals surface area contributed by atoms with E-state index in [2.05, 4.69) is 10.6 Å². The fourth-order valence-electron chi connectivity index (χ4n) is 5.17. The van der Waals surface area contributed by atoms with E-state index in [-0.39, 0.29) is 35.4 Å². The number of halogens is 1. The van der Waals surface area contributed by atoms with E-state index < -0.39 is 35.6 Å². The van der Waals surface area contributed by atoms with E-state index in [0.717, 1.165) is 5.56 Å². The maximum Gasteiger partial charge on any atom is 0.408 e. The van der Waals surface area contributed by atoms with Crippen LogP contribution in [0.2, 0.25) is 5.02 Å². The number of phenols is 2. The van der Waals surface area contributed by atoms with Crippen LogP contribution in [-0.2, 0) is 20.7 Å². The molecule has 3 amide bonds. The van der Waals surface area contributed by atoms with Crippen LogP contribution >= 0.6 is 11.6 Å². The number of carbonyl (C=O) groups is 3. The van der Waals surface area contributed by atoms with Crippen molar-refractivity contribution in [1.82, 2.24) is 10.2 Å². The number of benzene rings is 3. The second-order valence-electron chi connectivity index (χ2n) is 12.4. The fourth-order valence-corrected chi connectivity index (χ4v) is 5.44. The van der Waals surface area contributed by atoms with Gasteiger partial charge in [-0.2, -0.15) is 0 Å². The van der Waals surface area contributed by atoms with Crippen molar-refractivity contribution in [3.05, 3.63) is 87.9 Å². The number of hydrogen-bond donors (Lipinski definition) is 4. The van der Waals surface area contributed by atoms with Crippen molar-refractivity contribution in [3.63, 3.8) is 0 Å². The van der Waals surface area contributed by atoms with E-state index in [4.69, 9.17) is 16.3 Å². The molecule has 0 bridgehead atoms. The van der Waals surface area contributed by atoms with Crippen LogP contribution < -0.4 is 10.6 Å². The minimum absolute atomic E-state index is 0.0617. The predicted molar refractivity (Wildman–Crippen MR) is 170 cm³/mol. The van der Waals surface area contributed by atoms with Gasteiger partial charge in [-0.3, -0.25) is 9.59 Å². The number of rotatable bonds is 9. The van der Waals surface area contributed by atoms with Gasteiger partial charge in [0, 0.05) is 18.0 Å². The highest BCUT2D eigenvalue weighted by Gasteiger charge is 2.49. The van der Waals surface area contributed by atoms with E-state index in [1.54, 1.807) is 70.2 Å². The van der Waals surface area contributed by atoms with Gasteiger partial charge in [-0.25, -0.2) is 4.79 Å². The first-order valence-corrected chi connectivity index (χ1v) is 15.0. The average Bonchev–Trinajstić information content (AvgIpc) is 3.66. The van der Waals surface area contributed by atoms with E-state index in [9.17, 15) is 24.6 Å². The minimum atomic E-state index is -1.25. The summed E-state index contributed by atoms with van der Waals surface area (Å²) in [4.78, 5) is 43.4. The quantitative estimate of drug-likeness (QED) is 0.218. The van der Waals surface area contributed by atoms with Crippen LogP contribution in [0, 0.1) is 19.8 Å². The van der Waals surface area contributed by atoms with Crippen LogP contribution in [0.5, 0.6) is 11.5 Å². The Morgan fingerprint density at radius 1 is 1.00 bits per heavy atom. The Labute approximate surface area is 263 Å². The molecule has 1 aliphatic carbocycles. The van der Waals surface area contributed by atoms with Gasteiger partial charge >= 0.3 is 6.09 Å². The van der Waals surface area contributed by atoms with Crippen LogP contribution in [0.3, 0.4) is 0 Å². The zero-order valence-corrected chi connectivity index (χ0v) is 26.6.